The average molecular weight is 351 g/mol. The molecule has 104 valence electrons. The summed E-state index contributed by atoms with van der Waals surface area (Å²) in [4.78, 5) is 13.1. The summed E-state index contributed by atoms with van der Waals surface area (Å²) < 4.78 is 35.6. The van der Waals surface area contributed by atoms with Gasteiger partial charge in [0, 0.05) is 24.5 Å². The molecule has 1 aliphatic rings. The van der Waals surface area contributed by atoms with Crippen molar-refractivity contribution in [1.82, 2.24) is 0 Å². The Hall–Kier alpha value is -1.15. The molecule has 0 spiro atoms. The molecule has 1 aromatic carbocycles. The van der Waals surface area contributed by atoms with Crippen LogP contribution < -0.4 is 10.2 Å². The summed E-state index contributed by atoms with van der Waals surface area (Å²) in [7, 11) is -3.01. The van der Waals surface area contributed by atoms with E-state index in [1.807, 2.05) is 0 Å². The van der Waals surface area contributed by atoms with E-state index in [2.05, 4.69) is 21.2 Å². The van der Waals surface area contributed by atoms with Crippen LogP contribution in [0.2, 0.25) is 0 Å². The van der Waals surface area contributed by atoms with Crippen molar-refractivity contribution in [1.29, 1.82) is 0 Å². The van der Waals surface area contributed by atoms with Crippen molar-refractivity contribution in [3.8, 4) is 0 Å². The monoisotopic (exact) mass is 350 g/mol. The largest absolute Gasteiger partial charge is 0.386 e. The highest BCUT2D eigenvalue weighted by molar-refractivity contribution is 9.10. The van der Waals surface area contributed by atoms with E-state index in [1.165, 1.54) is 4.90 Å². The van der Waals surface area contributed by atoms with Gasteiger partial charge in [-0.25, -0.2) is 0 Å². The molecule has 1 amide bonds. The number of carbonyl (C=O) groups is 1. The van der Waals surface area contributed by atoms with Gasteiger partial charge in [0.05, 0.1) is 11.4 Å². The van der Waals surface area contributed by atoms with Crippen molar-refractivity contribution in [2.24, 2.45) is 0 Å². The van der Waals surface area contributed by atoms with E-state index in [0.717, 1.165) is 4.47 Å². The third-order valence-electron chi connectivity index (χ3n) is 3.01. The molecule has 1 N–H and O–H groups in total. The normalized spacial score (nSPS) is 19.8. The Morgan fingerprint density at radius 1 is 1.47 bits per heavy atom. The average Bonchev–Trinajstić information content (AvgIpc) is 2.71. The van der Waals surface area contributed by atoms with Crippen molar-refractivity contribution >= 4 is 43.4 Å². The van der Waals surface area contributed by atoms with Crippen LogP contribution in [0, 0.1) is 0 Å². The molecule has 2 rings (SSSR count). The summed E-state index contributed by atoms with van der Waals surface area (Å²) in [5, 5.41) is 1.64. The lowest BCUT2D eigenvalue weighted by Gasteiger charge is -2.20. The number of amides is 1. The first-order valence-corrected chi connectivity index (χ1v) is 7.78. The molecule has 19 heavy (non-hydrogen) atoms. The highest BCUT2D eigenvalue weighted by atomic mass is 79.9. The Morgan fingerprint density at radius 2 is 2.16 bits per heavy atom. The zero-order chi connectivity index (χ0) is 14.2. The Labute approximate surface area is 119 Å². The van der Waals surface area contributed by atoms with E-state index in [9.17, 15) is 17.1 Å². The van der Waals surface area contributed by atoms with E-state index < -0.39 is 21.4 Å². The van der Waals surface area contributed by atoms with Gasteiger partial charge in [0.1, 0.15) is 5.25 Å². The van der Waals surface area contributed by atoms with Crippen LogP contribution in [0.3, 0.4) is 0 Å². The molecule has 1 unspecified atom stereocenters. The van der Waals surface area contributed by atoms with Crippen molar-refractivity contribution in [2.75, 3.05) is 23.8 Å². The predicted octanol–water partition coefficient (Wildman–Crippen LogP) is 1.90. The Bertz CT molecular complexity index is 620. The zero-order valence-corrected chi connectivity index (χ0v) is 12.5. The van der Waals surface area contributed by atoms with Gasteiger partial charge >= 0.3 is 10.2 Å². The number of anilines is 2. The lowest BCUT2D eigenvalue weighted by atomic mass is 10.2. The molecule has 1 aliphatic heterocycles. The summed E-state index contributed by atoms with van der Waals surface area (Å²) in [6, 6.07) is 5.18. The molecule has 1 fully saturated rings. The summed E-state index contributed by atoms with van der Waals surface area (Å²) in [5.74, 6) is -0.398. The van der Waals surface area contributed by atoms with Crippen molar-refractivity contribution in [3.63, 3.8) is 0 Å². The summed E-state index contributed by atoms with van der Waals surface area (Å²) in [5.41, 5.74) is 1.21. The van der Waals surface area contributed by atoms with Crippen LogP contribution in [0.15, 0.2) is 22.7 Å². The van der Waals surface area contributed by atoms with Crippen LogP contribution in [-0.4, -0.2) is 33.2 Å². The molecule has 0 aromatic heterocycles. The van der Waals surface area contributed by atoms with Crippen LogP contribution in [0.5, 0.6) is 0 Å². The maximum atomic E-state index is 13.0. The third-order valence-corrected chi connectivity index (χ3v) is 4.61. The fraction of sp³-hybridized carbons (Fsp3) is 0.364. The second-order valence-corrected chi connectivity index (χ2v) is 6.75. The minimum absolute atomic E-state index is 0.159. The summed E-state index contributed by atoms with van der Waals surface area (Å²) >= 11 is 3.31. The molecular weight excluding hydrogens is 339 g/mol. The van der Waals surface area contributed by atoms with Crippen LogP contribution in [0.25, 0.3) is 0 Å². The van der Waals surface area contributed by atoms with Gasteiger partial charge in [-0.2, -0.15) is 8.42 Å². The summed E-state index contributed by atoms with van der Waals surface area (Å²) in [6.45, 7) is -0.159. The van der Waals surface area contributed by atoms with Crippen LogP contribution in [-0.2, 0) is 15.0 Å². The molecule has 1 saturated heterocycles. The van der Waals surface area contributed by atoms with Gasteiger partial charge in [0.15, 0.2) is 0 Å². The first kappa shape index (κ1) is 14.3. The topological polar surface area (TPSA) is 66.5 Å². The minimum Gasteiger partial charge on any atom is -0.386 e. The van der Waals surface area contributed by atoms with E-state index >= 15 is 0 Å². The predicted molar refractivity (Wildman–Crippen MR) is 74.5 cm³/mol. The van der Waals surface area contributed by atoms with Gasteiger partial charge in [0.25, 0.3) is 0 Å². The number of benzene rings is 1. The van der Waals surface area contributed by atoms with Gasteiger partial charge in [0.2, 0.25) is 5.91 Å². The van der Waals surface area contributed by atoms with Crippen LogP contribution >= 0.6 is 15.9 Å². The Kier molecular flexibility index (Phi) is 3.82. The van der Waals surface area contributed by atoms with Crippen molar-refractivity contribution in [2.45, 2.75) is 11.7 Å². The molecule has 1 heterocycles. The zero-order valence-electron chi connectivity index (χ0n) is 10.1. The Morgan fingerprint density at radius 3 is 2.68 bits per heavy atom. The van der Waals surface area contributed by atoms with Crippen LogP contribution in [0.4, 0.5) is 15.3 Å². The minimum atomic E-state index is -4.70. The number of carbonyl (C=O) groups excluding carboxylic acids is 1. The van der Waals surface area contributed by atoms with Gasteiger partial charge in [-0.1, -0.05) is 15.9 Å². The quantitative estimate of drug-likeness (QED) is 0.845. The second kappa shape index (κ2) is 5.09. The molecule has 8 heteroatoms. The molecule has 1 atom stereocenters. The fourth-order valence-electron chi connectivity index (χ4n) is 2.04. The van der Waals surface area contributed by atoms with E-state index in [4.69, 9.17) is 0 Å². The van der Waals surface area contributed by atoms with E-state index in [-0.39, 0.29) is 13.0 Å². The number of hydrogen-bond donors (Lipinski definition) is 1. The molecule has 5 nitrogen and oxygen atoms in total. The fourth-order valence-corrected chi connectivity index (χ4v) is 3.07. The summed E-state index contributed by atoms with van der Waals surface area (Å²) in [6.07, 6.45) is -0.321. The standard InChI is InChI=1S/C11H12BrFN2O3S/c1-14-9-4-7(12)2-3-10(9)15-6-8(5-11(15)16)19(13,17)18/h2-4,8,14H,5-6H2,1H3. The highest BCUT2D eigenvalue weighted by Crippen LogP contribution is 2.33. The smallest absolute Gasteiger partial charge is 0.307 e. The molecule has 0 bridgehead atoms. The number of nitrogens with zero attached hydrogens (tertiary/aromatic N) is 1. The van der Waals surface area contributed by atoms with Gasteiger partial charge < -0.3 is 10.2 Å². The van der Waals surface area contributed by atoms with Gasteiger partial charge in [-0.05, 0) is 18.2 Å². The lowest BCUT2D eigenvalue weighted by Crippen LogP contribution is -2.27. The third kappa shape index (κ3) is 2.89. The van der Waals surface area contributed by atoms with Crippen LogP contribution in [0.1, 0.15) is 6.42 Å². The Balaban J connectivity index is 2.36. The SMILES string of the molecule is CNc1cc(Br)ccc1N1CC(S(=O)(=O)F)CC1=O. The molecule has 1 aromatic rings. The molecule has 0 aliphatic carbocycles. The molecule has 0 radical (unpaired) electrons. The van der Waals surface area contributed by atoms with Gasteiger partial charge in [-0.15, -0.1) is 3.89 Å². The van der Waals surface area contributed by atoms with E-state index in [0.29, 0.717) is 11.4 Å². The second-order valence-electron chi connectivity index (χ2n) is 4.22. The highest BCUT2D eigenvalue weighted by Gasteiger charge is 2.39. The first-order chi connectivity index (χ1) is 8.82. The lowest BCUT2D eigenvalue weighted by molar-refractivity contribution is -0.117. The molecular formula is C11H12BrFN2O3S. The van der Waals surface area contributed by atoms with E-state index in [1.54, 1.807) is 25.2 Å². The molecule has 0 saturated carbocycles. The maximum absolute atomic E-state index is 13.0. The number of rotatable bonds is 3. The number of hydrogen-bond acceptors (Lipinski definition) is 4. The maximum Gasteiger partial charge on any atom is 0.307 e. The first-order valence-electron chi connectivity index (χ1n) is 5.54. The van der Waals surface area contributed by atoms with Crippen molar-refractivity contribution in [3.05, 3.63) is 22.7 Å². The number of nitrogens with one attached hydrogen (secondary N) is 1. The van der Waals surface area contributed by atoms with Crippen molar-refractivity contribution < 1.29 is 17.1 Å². The number of halogens is 2. The van der Waals surface area contributed by atoms with Gasteiger partial charge in [-0.3, -0.25) is 4.79 Å².